The molecule has 72 valence electrons. The number of anilines is 1. The normalized spacial score (nSPS) is 22.7. The number of hydrogen-bond donors (Lipinski definition) is 1. The molecule has 0 saturated heterocycles. The zero-order valence-corrected chi connectivity index (χ0v) is 7.86. The first-order valence-electron chi connectivity index (χ1n) is 4.94. The Bertz CT molecular complexity index is 412. The van der Waals surface area contributed by atoms with Crippen molar-refractivity contribution in [2.75, 3.05) is 12.3 Å². The summed E-state index contributed by atoms with van der Waals surface area (Å²) >= 11 is 0. The van der Waals surface area contributed by atoms with Crippen LogP contribution in [0.3, 0.4) is 0 Å². The van der Waals surface area contributed by atoms with Gasteiger partial charge < -0.3 is 10.5 Å². The third-order valence-corrected chi connectivity index (χ3v) is 2.95. The molecule has 1 unspecified atom stereocenters. The zero-order valence-electron chi connectivity index (χ0n) is 7.86. The lowest BCUT2D eigenvalue weighted by molar-refractivity contribution is 0.269. The number of ether oxygens (including phenoxy) is 1. The summed E-state index contributed by atoms with van der Waals surface area (Å²) in [7, 11) is 0. The van der Waals surface area contributed by atoms with E-state index in [1.165, 1.54) is 5.56 Å². The first-order chi connectivity index (χ1) is 6.86. The molecule has 3 heteroatoms. The van der Waals surface area contributed by atoms with Crippen LogP contribution in [0.15, 0.2) is 17.1 Å². The number of hydrogen-bond acceptors (Lipinski definition) is 3. The second-order valence-corrected chi connectivity index (χ2v) is 3.80. The molecule has 0 bridgehead atoms. The standard InChI is InChI=1S/C11H12N2O/c12-8-1-2-9-10-7(4-6-14-9)3-5-13-11(8)10/h1-2,5,7H,3-4,6,12H2. The molecule has 2 aliphatic rings. The van der Waals surface area contributed by atoms with Crippen LogP contribution in [-0.4, -0.2) is 12.8 Å². The van der Waals surface area contributed by atoms with Crippen molar-refractivity contribution in [2.24, 2.45) is 4.99 Å². The van der Waals surface area contributed by atoms with Crippen LogP contribution in [-0.2, 0) is 0 Å². The Labute approximate surface area is 82.6 Å². The van der Waals surface area contributed by atoms with Gasteiger partial charge in [-0.05, 0) is 30.9 Å². The summed E-state index contributed by atoms with van der Waals surface area (Å²) in [5.74, 6) is 1.54. The Kier molecular flexibility index (Phi) is 1.54. The maximum Gasteiger partial charge on any atom is 0.125 e. The van der Waals surface area contributed by atoms with E-state index in [4.69, 9.17) is 10.5 Å². The molecule has 2 aliphatic heterocycles. The number of nitrogen functional groups attached to an aromatic ring is 1. The average Bonchev–Trinajstić information content (AvgIpc) is 2.24. The van der Waals surface area contributed by atoms with E-state index in [1.807, 2.05) is 18.3 Å². The number of nitrogens with zero attached hydrogens (tertiary/aromatic N) is 1. The molecular formula is C11H12N2O. The van der Waals surface area contributed by atoms with Crippen LogP contribution in [0.1, 0.15) is 24.3 Å². The van der Waals surface area contributed by atoms with Gasteiger partial charge in [-0.1, -0.05) is 0 Å². The molecule has 0 aliphatic carbocycles. The Balaban J connectivity index is 2.28. The molecule has 0 radical (unpaired) electrons. The van der Waals surface area contributed by atoms with E-state index in [0.29, 0.717) is 5.92 Å². The van der Waals surface area contributed by atoms with Crippen LogP contribution in [0.2, 0.25) is 0 Å². The Hall–Kier alpha value is -1.51. The number of aliphatic imine (C=N–C) groups is 1. The molecule has 1 aromatic rings. The van der Waals surface area contributed by atoms with Gasteiger partial charge in [0.25, 0.3) is 0 Å². The largest absolute Gasteiger partial charge is 0.493 e. The second kappa shape index (κ2) is 2.74. The third kappa shape index (κ3) is 0.953. The molecular weight excluding hydrogens is 176 g/mol. The van der Waals surface area contributed by atoms with E-state index in [2.05, 4.69) is 4.99 Å². The van der Waals surface area contributed by atoms with Gasteiger partial charge in [-0.25, -0.2) is 0 Å². The Morgan fingerprint density at radius 1 is 1.43 bits per heavy atom. The smallest absolute Gasteiger partial charge is 0.125 e. The molecule has 0 fully saturated rings. The van der Waals surface area contributed by atoms with Crippen molar-refractivity contribution in [3.63, 3.8) is 0 Å². The van der Waals surface area contributed by atoms with Gasteiger partial charge >= 0.3 is 0 Å². The molecule has 14 heavy (non-hydrogen) atoms. The van der Waals surface area contributed by atoms with Crippen molar-refractivity contribution < 1.29 is 4.74 Å². The van der Waals surface area contributed by atoms with E-state index < -0.39 is 0 Å². The fraction of sp³-hybridized carbons (Fsp3) is 0.364. The predicted octanol–water partition coefficient (Wildman–Crippen LogP) is 2.24. The highest BCUT2D eigenvalue weighted by Gasteiger charge is 2.27. The van der Waals surface area contributed by atoms with E-state index >= 15 is 0 Å². The molecule has 1 aromatic carbocycles. The molecule has 0 amide bonds. The minimum atomic E-state index is 0.565. The summed E-state index contributed by atoms with van der Waals surface area (Å²) < 4.78 is 5.60. The zero-order chi connectivity index (χ0) is 9.54. The number of nitrogens with two attached hydrogens (primary N) is 1. The fourth-order valence-corrected chi connectivity index (χ4v) is 2.23. The van der Waals surface area contributed by atoms with Crippen LogP contribution in [0.4, 0.5) is 11.4 Å². The van der Waals surface area contributed by atoms with Gasteiger partial charge in [0.2, 0.25) is 0 Å². The highest BCUT2D eigenvalue weighted by Crippen LogP contribution is 2.46. The van der Waals surface area contributed by atoms with Gasteiger partial charge in [0.15, 0.2) is 0 Å². The average molecular weight is 188 g/mol. The monoisotopic (exact) mass is 188 g/mol. The first kappa shape index (κ1) is 7.85. The van der Waals surface area contributed by atoms with Crippen LogP contribution >= 0.6 is 0 Å². The third-order valence-electron chi connectivity index (χ3n) is 2.95. The van der Waals surface area contributed by atoms with Crippen molar-refractivity contribution in [1.82, 2.24) is 0 Å². The summed E-state index contributed by atoms with van der Waals surface area (Å²) in [5, 5.41) is 0. The molecule has 2 N–H and O–H groups in total. The molecule has 0 saturated carbocycles. The van der Waals surface area contributed by atoms with E-state index in [-0.39, 0.29) is 0 Å². The number of rotatable bonds is 0. The topological polar surface area (TPSA) is 47.6 Å². The summed E-state index contributed by atoms with van der Waals surface area (Å²) in [6.07, 6.45) is 4.07. The Morgan fingerprint density at radius 3 is 3.29 bits per heavy atom. The maximum absolute atomic E-state index is 5.88. The lowest BCUT2D eigenvalue weighted by Gasteiger charge is -2.29. The molecule has 3 nitrogen and oxygen atoms in total. The van der Waals surface area contributed by atoms with E-state index in [0.717, 1.165) is 36.6 Å². The maximum atomic E-state index is 5.88. The fourth-order valence-electron chi connectivity index (χ4n) is 2.23. The summed E-state index contributed by atoms with van der Waals surface area (Å²) in [4.78, 5) is 4.36. The highest BCUT2D eigenvalue weighted by atomic mass is 16.5. The second-order valence-electron chi connectivity index (χ2n) is 3.80. The van der Waals surface area contributed by atoms with Crippen molar-refractivity contribution in [1.29, 1.82) is 0 Å². The van der Waals surface area contributed by atoms with Crippen LogP contribution < -0.4 is 10.5 Å². The molecule has 0 spiro atoms. The van der Waals surface area contributed by atoms with Crippen LogP contribution in [0.25, 0.3) is 0 Å². The molecule has 1 atom stereocenters. The minimum absolute atomic E-state index is 0.565. The summed E-state index contributed by atoms with van der Waals surface area (Å²) in [5.41, 5.74) is 8.79. The van der Waals surface area contributed by atoms with Gasteiger partial charge in [0.1, 0.15) is 5.75 Å². The van der Waals surface area contributed by atoms with E-state index in [1.54, 1.807) is 0 Å². The lowest BCUT2D eigenvalue weighted by atomic mass is 9.87. The molecule has 0 aromatic heterocycles. The van der Waals surface area contributed by atoms with E-state index in [9.17, 15) is 0 Å². The van der Waals surface area contributed by atoms with Crippen molar-refractivity contribution in [3.05, 3.63) is 17.7 Å². The summed E-state index contributed by atoms with van der Waals surface area (Å²) in [6, 6.07) is 3.83. The van der Waals surface area contributed by atoms with Crippen molar-refractivity contribution in [2.45, 2.75) is 18.8 Å². The molecule has 3 rings (SSSR count). The predicted molar refractivity (Wildman–Crippen MR) is 56.5 cm³/mol. The Morgan fingerprint density at radius 2 is 2.36 bits per heavy atom. The summed E-state index contributed by atoms with van der Waals surface area (Å²) in [6.45, 7) is 0.814. The van der Waals surface area contributed by atoms with Crippen LogP contribution in [0.5, 0.6) is 5.75 Å². The van der Waals surface area contributed by atoms with Crippen LogP contribution in [0, 0.1) is 0 Å². The van der Waals surface area contributed by atoms with Gasteiger partial charge in [-0.3, -0.25) is 4.99 Å². The molecule has 2 heterocycles. The SMILES string of the molecule is Nc1ccc2c3c1N=CCC3CCO2. The van der Waals surface area contributed by atoms with Crippen molar-refractivity contribution >= 4 is 17.6 Å². The highest BCUT2D eigenvalue weighted by molar-refractivity contribution is 5.80. The van der Waals surface area contributed by atoms with Gasteiger partial charge in [0.05, 0.1) is 18.0 Å². The van der Waals surface area contributed by atoms with Gasteiger partial charge in [-0.15, -0.1) is 0 Å². The lowest BCUT2D eigenvalue weighted by Crippen LogP contribution is -2.17. The van der Waals surface area contributed by atoms with Gasteiger partial charge in [-0.2, -0.15) is 0 Å². The first-order valence-corrected chi connectivity index (χ1v) is 4.94. The minimum Gasteiger partial charge on any atom is -0.493 e. The van der Waals surface area contributed by atoms with Gasteiger partial charge in [0, 0.05) is 11.8 Å². The van der Waals surface area contributed by atoms with Crippen molar-refractivity contribution in [3.8, 4) is 5.75 Å². The number of benzene rings is 1. The quantitative estimate of drug-likeness (QED) is 0.635.